The van der Waals surface area contributed by atoms with Gasteiger partial charge in [-0.3, -0.25) is 0 Å². The van der Waals surface area contributed by atoms with Crippen LogP contribution in [0, 0.1) is 0 Å². The van der Waals surface area contributed by atoms with Gasteiger partial charge in [0.1, 0.15) is 11.2 Å². The Balaban J connectivity index is 1.23. The molecule has 0 atom stereocenters. The molecular weight excluding hydrogens is 733 g/mol. The molecule has 5 heteroatoms. The average Bonchev–Trinajstić information content (AvgIpc) is 3.88. The lowest BCUT2D eigenvalue weighted by molar-refractivity contribution is 0.669. The first-order valence-corrected chi connectivity index (χ1v) is 20.2. The van der Waals surface area contributed by atoms with Crippen molar-refractivity contribution < 1.29 is 4.42 Å². The molecule has 0 unspecified atom stereocenters. The summed E-state index contributed by atoms with van der Waals surface area (Å²) in [6.07, 6.45) is 0. The van der Waals surface area contributed by atoms with Crippen molar-refractivity contribution in [3.05, 3.63) is 206 Å². The van der Waals surface area contributed by atoms with Crippen molar-refractivity contribution in [2.24, 2.45) is 0 Å². The summed E-state index contributed by atoms with van der Waals surface area (Å²) in [7, 11) is 0. The summed E-state index contributed by atoms with van der Waals surface area (Å²) >= 11 is 0. The van der Waals surface area contributed by atoms with Gasteiger partial charge >= 0.3 is 0 Å². The first-order valence-electron chi connectivity index (χ1n) is 20.2. The van der Waals surface area contributed by atoms with E-state index in [2.05, 4.69) is 144 Å². The summed E-state index contributed by atoms with van der Waals surface area (Å²) in [4.78, 5) is 15.4. The maximum absolute atomic E-state index is 6.95. The van der Waals surface area contributed by atoms with Gasteiger partial charge in [-0.1, -0.05) is 176 Å². The molecule has 280 valence electrons. The molecule has 0 aliphatic carbocycles. The number of aromatic nitrogens is 4. The molecule has 0 aliphatic heterocycles. The van der Waals surface area contributed by atoms with E-state index in [1.54, 1.807) is 0 Å². The lowest BCUT2D eigenvalue weighted by atomic mass is 9.95. The van der Waals surface area contributed by atoms with E-state index in [9.17, 15) is 0 Å². The van der Waals surface area contributed by atoms with Gasteiger partial charge in [-0.15, -0.1) is 0 Å². The van der Waals surface area contributed by atoms with Gasteiger partial charge in [0.2, 0.25) is 0 Å². The molecule has 0 saturated carbocycles. The van der Waals surface area contributed by atoms with Crippen LogP contribution in [0.2, 0.25) is 0 Å². The Bertz CT molecular complexity index is 3520. The molecule has 12 rings (SSSR count). The highest BCUT2D eigenvalue weighted by Crippen LogP contribution is 2.46. The smallest absolute Gasteiger partial charge is 0.164 e. The third kappa shape index (κ3) is 5.44. The number of benzene rings is 9. The van der Waals surface area contributed by atoms with Crippen LogP contribution in [0.1, 0.15) is 0 Å². The fourth-order valence-corrected chi connectivity index (χ4v) is 8.96. The minimum absolute atomic E-state index is 0.577. The molecule has 0 amide bonds. The topological polar surface area (TPSA) is 56.7 Å². The summed E-state index contributed by atoms with van der Waals surface area (Å²) in [6.45, 7) is 0. The molecule has 9 aromatic carbocycles. The van der Waals surface area contributed by atoms with Crippen LogP contribution in [-0.2, 0) is 0 Å². The fourth-order valence-electron chi connectivity index (χ4n) is 8.96. The van der Waals surface area contributed by atoms with E-state index in [1.165, 1.54) is 32.7 Å². The number of furan rings is 1. The summed E-state index contributed by atoms with van der Waals surface area (Å²) in [6, 6.07) is 72.1. The van der Waals surface area contributed by atoms with E-state index in [0.717, 1.165) is 66.5 Å². The first kappa shape index (κ1) is 33.9. The quantitative estimate of drug-likeness (QED) is 0.169. The number of nitrogens with zero attached hydrogens (tertiary/aromatic N) is 4. The van der Waals surface area contributed by atoms with Gasteiger partial charge in [0.15, 0.2) is 17.5 Å². The average molecular weight is 767 g/mol. The Morgan fingerprint density at radius 2 is 0.867 bits per heavy atom. The highest BCUT2D eigenvalue weighted by Gasteiger charge is 2.24. The molecule has 0 aliphatic rings. The zero-order valence-electron chi connectivity index (χ0n) is 32.3. The van der Waals surface area contributed by atoms with Crippen LogP contribution >= 0.6 is 0 Å². The number of para-hydroxylation sites is 1. The van der Waals surface area contributed by atoms with E-state index in [0.29, 0.717) is 17.5 Å². The van der Waals surface area contributed by atoms with E-state index in [4.69, 9.17) is 19.4 Å². The van der Waals surface area contributed by atoms with Crippen molar-refractivity contribution in [3.8, 4) is 62.1 Å². The number of hydrogen-bond donors (Lipinski definition) is 0. The number of hydrogen-bond acceptors (Lipinski definition) is 4. The van der Waals surface area contributed by atoms with E-state index in [-0.39, 0.29) is 0 Å². The van der Waals surface area contributed by atoms with Crippen LogP contribution < -0.4 is 0 Å². The molecule has 0 spiro atoms. The van der Waals surface area contributed by atoms with Crippen LogP contribution in [0.15, 0.2) is 211 Å². The Hall–Kier alpha value is -8.15. The van der Waals surface area contributed by atoms with Crippen LogP contribution in [0.25, 0.3) is 117 Å². The Kier molecular flexibility index (Phi) is 7.78. The summed E-state index contributed by atoms with van der Waals surface area (Å²) in [5.41, 5.74) is 12.0. The first-order chi connectivity index (χ1) is 29.8. The highest BCUT2D eigenvalue weighted by atomic mass is 16.3. The molecule has 12 aromatic rings. The van der Waals surface area contributed by atoms with Crippen molar-refractivity contribution >= 4 is 54.5 Å². The summed E-state index contributed by atoms with van der Waals surface area (Å²) < 4.78 is 9.39. The van der Waals surface area contributed by atoms with Crippen molar-refractivity contribution in [2.75, 3.05) is 0 Å². The summed E-state index contributed by atoms with van der Waals surface area (Å²) in [5.74, 6) is 1.80. The van der Waals surface area contributed by atoms with E-state index >= 15 is 0 Å². The lowest BCUT2D eigenvalue weighted by Gasteiger charge is -2.15. The minimum atomic E-state index is 0.577. The maximum atomic E-state index is 6.95. The second-order valence-electron chi connectivity index (χ2n) is 15.1. The molecule has 5 nitrogen and oxygen atoms in total. The molecule has 0 N–H and O–H groups in total. The van der Waals surface area contributed by atoms with Gasteiger partial charge in [0.25, 0.3) is 0 Å². The zero-order chi connectivity index (χ0) is 39.6. The molecule has 0 radical (unpaired) electrons. The standard InChI is InChI=1S/C55H34N4O/c1-5-18-35(19-6-1)39-32-46(59-45-30-16-15-28-42(45)50-41-27-14-13-26-40(41)44(34-47(50)59)36-20-7-2-8-21-36)52-49(33-39)60-48-31-17-29-43(51(48)52)55-57-53(37-22-9-3-10-23-37)56-54(58-55)38-24-11-4-12-25-38/h1-34H. The Morgan fingerprint density at radius 1 is 0.317 bits per heavy atom. The Labute approximate surface area is 345 Å². The van der Waals surface area contributed by atoms with Crippen molar-refractivity contribution in [1.29, 1.82) is 0 Å². The third-order valence-corrected chi connectivity index (χ3v) is 11.6. The fraction of sp³-hybridized carbons (Fsp3) is 0. The maximum Gasteiger partial charge on any atom is 0.164 e. The zero-order valence-corrected chi connectivity index (χ0v) is 32.3. The molecule has 60 heavy (non-hydrogen) atoms. The third-order valence-electron chi connectivity index (χ3n) is 11.6. The van der Waals surface area contributed by atoms with E-state index < -0.39 is 0 Å². The van der Waals surface area contributed by atoms with Gasteiger partial charge in [0, 0.05) is 32.8 Å². The van der Waals surface area contributed by atoms with Crippen molar-refractivity contribution in [2.45, 2.75) is 0 Å². The predicted molar refractivity (Wildman–Crippen MR) is 246 cm³/mol. The minimum Gasteiger partial charge on any atom is -0.456 e. The second kappa shape index (κ2) is 13.8. The van der Waals surface area contributed by atoms with E-state index in [1.807, 2.05) is 66.7 Å². The lowest BCUT2D eigenvalue weighted by Crippen LogP contribution is -2.01. The normalized spacial score (nSPS) is 11.7. The van der Waals surface area contributed by atoms with Crippen LogP contribution in [-0.4, -0.2) is 19.5 Å². The van der Waals surface area contributed by atoms with Gasteiger partial charge in [-0.25, -0.2) is 15.0 Å². The SMILES string of the molecule is c1ccc(-c2cc(-n3c4ccccc4c4c5ccccc5c(-c5ccccc5)cc43)c3c(c2)oc2cccc(-c4nc(-c5ccccc5)nc(-c5ccccc5)n4)c23)cc1. The monoisotopic (exact) mass is 766 g/mol. The Morgan fingerprint density at radius 3 is 1.53 bits per heavy atom. The molecule has 0 bridgehead atoms. The number of rotatable bonds is 6. The van der Waals surface area contributed by atoms with Crippen LogP contribution in [0.5, 0.6) is 0 Å². The highest BCUT2D eigenvalue weighted by molar-refractivity contribution is 6.25. The van der Waals surface area contributed by atoms with Gasteiger partial charge in [-0.2, -0.15) is 0 Å². The van der Waals surface area contributed by atoms with Gasteiger partial charge < -0.3 is 8.98 Å². The van der Waals surface area contributed by atoms with Crippen molar-refractivity contribution in [3.63, 3.8) is 0 Å². The van der Waals surface area contributed by atoms with Gasteiger partial charge in [0.05, 0.1) is 22.1 Å². The molecule has 0 saturated heterocycles. The molecule has 3 heterocycles. The van der Waals surface area contributed by atoms with Crippen LogP contribution in [0.3, 0.4) is 0 Å². The molecular formula is C55H34N4O. The van der Waals surface area contributed by atoms with Crippen LogP contribution in [0.4, 0.5) is 0 Å². The number of fused-ring (bicyclic) bond motifs is 8. The van der Waals surface area contributed by atoms with Gasteiger partial charge in [-0.05, 0) is 63.4 Å². The summed E-state index contributed by atoms with van der Waals surface area (Å²) in [5, 5.41) is 6.76. The largest absolute Gasteiger partial charge is 0.456 e. The molecule has 3 aromatic heterocycles. The predicted octanol–water partition coefficient (Wildman–Crippen LogP) is 14.4. The molecule has 0 fully saturated rings. The van der Waals surface area contributed by atoms with Crippen molar-refractivity contribution in [1.82, 2.24) is 19.5 Å². The second-order valence-corrected chi connectivity index (χ2v) is 15.1.